The molecule has 0 heterocycles. The van der Waals surface area contributed by atoms with Gasteiger partial charge in [0.25, 0.3) is 0 Å². The van der Waals surface area contributed by atoms with Crippen molar-refractivity contribution in [2.45, 2.75) is 25.4 Å². The van der Waals surface area contributed by atoms with Crippen molar-refractivity contribution in [3.63, 3.8) is 0 Å². The van der Waals surface area contributed by atoms with Crippen molar-refractivity contribution >= 4 is 34.8 Å². The lowest BCUT2D eigenvalue weighted by Gasteiger charge is -2.11. The summed E-state index contributed by atoms with van der Waals surface area (Å²) in [5, 5.41) is 2.44. The summed E-state index contributed by atoms with van der Waals surface area (Å²) < 4.78 is 37.5. The van der Waals surface area contributed by atoms with Crippen LogP contribution in [0.25, 0.3) is 0 Å². The average Bonchev–Trinajstić information content (AvgIpc) is 2.31. The van der Waals surface area contributed by atoms with E-state index in [0.717, 1.165) is 18.2 Å². The van der Waals surface area contributed by atoms with Crippen LogP contribution in [0.15, 0.2) is 18.2 Å². The van der Waals surface area contributed by atoms with Crippen LogP contribution >= 0.6 is 23.2 Å². The summed E-state index contributed by atoms with van der Waals surface area (Å²) in [6, 6.07) is 2.80. The number of alkyl halides is 4. The Morgan fingerprint density at radius 2 is 1.95 bits per heavy atom. The van der Waals surface area contributed by atoms with E-state index in [2.05, 4.69) is 5.32 Å². The van der Waals surface area contributed by atoms with Gasteiger partial charge in [-0.15, -0.1) is 11.6 Å². The van der Waals surface area contributed by atoms with E-state index in [4.69, 9.17) is 23.2 Å². The van der Waals surface area contributed by atoms with Crippen LogP contribution in [0.3, 0.4) is 0 Å². The number of nitrogens with one attached hydrogen (secondary N) is 1. The second kappa shape index (κ2) is 7.01. The third-order valence-corrected chi connectivity index (χ3v) is 2.95. The molecule has 0 saturated heterocycles. The van der Waals surface area contributed by atoms with E-state index >= 15 is 0 Å². The van der Waals surface area contributed by atoms with E-state index in [1.165, 1.54) is 0 Å². The number of carbonyl (C=O) groups is 1. The van der Waals surface area contributed by atoms with E-state index in [1.54, 1.807) is 0 Å². The number of hydrogen-bond donors (Lipinski definition) is 1. The van der Waals surface area contributed by atoms with Gasteiger partial charge in [-0.2, -0.15) is 13.2 Å². The molecule has 1 amide bonds. The molecule has 0 aliphatic rings. The normalized spacial score (nSPS) is 11.4. The third kappa shape index (κ3) is 5.28. The Bertz CT molecular complexity index is 449. The fourth-order valence-electron chi connectivity index (χ4n) is 1.39. The molecule has 0 fully saturated rings. The van der Waals surface area contributed by atoms with Crippen molar-refractivity contribution in [1.82, 2.24) is 0 Å². The molecule has 0 aliphatic heterocycles. The molecule has 0 aromatic heterocycles. The summed E-state index contributed by atoms with van der Waals surface area (Å²) in [6.07, 6.45) is -3.03. The van der Waals surface area contributed by atoms with Gasteiger partial charge in [-0.3, -0.25) is 4.79 Å². The molecular weight excluding hydrogens is 302 g/mol. The van der Waals surface area contributed by atoms with Crippen molar-refractivity contribution in [2.75, 3.05) is 11.2 Å². The number of unbranched alkanes of at least 4 members (excludes halogenated alkanes) is 1. The van der Waals surface area contributed by atoms with Gasteiger partial charge in [-0.25, -0.2) is 0 Å². The number of rotatable bonds is 5. The van der Waals surface area contributed by atoms with E-state index in [0.29, 0.717) is 18.7 Å². The second-order valence-corrected chi connectivity index (χ2v) is 4.67. The molecule has 106 valence electrons. The van der Waals surface area contributed by atoms with Crippen molar-refractivity contribution in [1.29, 1.82) is 0 Å². The Kier molecular flexibility index (Phi) is 5.94. The van der Waals surface area contributed by atoms with Crippen LogP contribution in [0.5, 0.6) is 0 Å². The number of carbonyl (C=O) groups excluding carboxylic acids is 1. The van der Waals surface area contributed by atoms with Gasteiger partial charge >= 0.3 is 6.18 Å². The molecule has 0 atom stereocenters. The van der Waals surface area contributed by atoms with Gasteiger partial charge in [0.2, 0.25) is 5.91 Å². The zero-order chi connectivity index (χ0) is 14.5. The number of benzene rings is 1. The van der Waals surface area contributed by atoms with E-state index in [1.807, 2.05) is 0 Å². The van der Waals surface area contributed by atoms with Crippen LogP contribution in [-0.4, -0.2) is 11.8 Å². The minimum atomic E-state index is -4.47. The van der Waals surface area contributed by atoms with Gasteiger partial charge < -0.3 is 5.32 Å². The van der Waals surface area contributed by atoms with Gasteiger partial charge in [0, 0.05) is 12.3 Å². The molecule has 19 heavy (non-hydrogen) atoms. The van der Waals surface area contributed by atoms with Gasteiger partial charge in [-0.1, -0.05) is 11.6 Å². The number of amides is 1. The zero-order valence-corrected chi connectivity index (χ0v) is 11.4. The Morgan fingerprint density at radius 1 is 1.26 bits per heavy atom. The maximum atomic E-state index is 12.5. The van der Waals surface area contributed by atoms with Crippen LogP contribution < -0.4 is 5.32 Å². The molecule has 0 saturated carbocycles. The highest BCUT2D eigenvalue weighted by molar-refractivity contribution is 6.33. The molecule has 1 aromatic rings. The summed E-state index contributed by atoms with van der Waals surface area (Å²) in [6.45, 7) is 0. The lowest BCUT2D eigenvalue weighted by Crippen LogP contribution is -2.13. The summed E-state index contributed by atoms with van der Waals surface area (Å²) in [7, 11) is 0. The Hall–Kier alpha value is -0.940. The Morgan fingerprint density at radius 3 is 2.53 bits per heavy atom. The molecule has 1 N–H and O–H groups in total. The predicted molar refractivity (Wildman–Crippen MR) is 69.7 cm³/mol. The minimum Gasteiger partial charge on any atom is -0.325 e. The van der Waals surface area contributed by atoms with Crippen molar-refractivity contribution < 1.29 is 18.0 Å². The van der Waals surface area contributed by atoms with Gasteiger partial charge in [-0.05, 0) is 31.0 Å². The molecule has 0 bridgehead atoms. The van der Waals surface area contributed by atoms with Crippen molar-refractivity contribution in [3.05, 3.63) is 28.8 Å². The first kappa shape index (κ1) is 16.1. The quantitative estimate of drug-likeness (QED) is 0.619. The molecule has 1 rings (SSSR count). The number of anilines is 1. The highest BCUT2D eigenvalue weighted by Crippen LogP contribution is 2.33. The summed E-state index contributed by atoms with van der Waals surface area (Å²) >= 11 is 11.2. The number of halogens is 5. The molecule has 1 aromatic carbocycles. The molecule has 0 radical (unpaired) electrons. The van der Waals surface area contributed by atoms with E-state index < -0.39 is 11.7 Å². The fraction of sp³-hybridized carbons (Fsp3) is 0.417. The van der Waals surface area contributed by atoms with Crippen LogP contribution in [-0.2, 0) is 11.0 Å². The first-order valence-electron chi connectivity index (χ1n) is 5.57. The minimum absolute atomic E-state index is 0.0348. The highest BCUT2D eigenvalue weighted by Gasteiger charge is 2.31. The maximum Gasteiger partial charge on any atom is 0.416 e. The molecule has 7 heteroatoms. The zero-order valence-electron chi connectivity index (χ0n) is 9.86. The Balaban J connectivity index is 2.74. The van der Waals surface area contributed by atoms with Crippen LogP contribution in [0.4, 0.5) is 18.9 Å². The monoisotopic (exact) mass is 313 g/mol. The second-order valence-electron chi connectivity index (χ2n) is 3.89. The van der Waals surface area contributed by atoms with Crippen LogP contribution in [0.1, 0.15) is 24.8 Å². The topological polar surface area (TPSA) is 29.1 Å². The molecule has 2 nitrogen and oxygen atoms in total. The lowest BCUT2D eigenvalue weighted by atomic mass is 10.2. The first-order valence-corrected chi connectivity index (χ1v) is 6.48. The first-order chi connectivity index (χ1) is 8.84. The van der Waals surface area contributed by atoms with Crippen molar-refractivity contribution in [3.8, 4) is 0 Å². The van der Waals surface area contributed by atoms with Crippen LogP contribution in [0, 0.1) is 0 Å². The van der Waals surface area contributed by atoms with Crippen LogP contribution in [0.2, 0.25) is 5.02 Å². The number of hydrogen-bond acceptors (Lipinski definition) is 1. The largest absolute Gasteiger partial charge is 0.416 e. The van der Waals surface area contributed by atoms with Gasteiger partial charge in [0.15, 0.2) is 0 Å². The molecule has 0 aliphatic carbocycles. The molecular formula is C12H12Cl2F3NO. The summed E-state index contributed by atoms with van der Waals surface area (Å²) in [5.41, 5.74) is -0.889. The third-order valence-electron chi connectivity index (χ3n) is 2.36. The summed E-state index contributed by atoms with van der Waals surface area (Å²) in [5.74, 6) is 0.0590. The van der Waals surface area contributed by atoms with E-state index in [-0.39, 0.29) is 23.0 Å². The fourth-order valence-corrected chi connectivity index (χ4v) is 1.74. The van der Waals surface area contributed by atoms with Gasteiger partial charge in [0.05, 0.1) is 16.3 Å². The highest BCUT2D eigenvalue weighted by atomic mass is 35.5. The summed E-state index contributed by atoms with van der Waals surface area (Å²) in [4.78, 5) is 11.5. The lowest BCUT2D eigenvalue weighted by molar-refractivity contribution is -0.137. The van der Waals surface area contributed by atoms with E-state index in [9.17, 15) is 18.0 Å². The smallest absolute Gasteiger partial charge is 0.325 e. The molecule has 0 spiro atoms. The van der Waals surface area contributed by atoms with Gasteiger partial charge in [0.1, 0.15) is 0 Å². The average molecular weight is 314 g/mol. The molecule has 0 unspecified atom stereocenters. The maximum absolute atomic E-state index is 12.5. The van der Waals surface area contributed by atoms with Crippen molar-refractivity contribution in [2.24, 2.45) is 0 Å². The SMILES string of the molecule is O=C(CCCCCl)Nc1cc(C(F)(F)F)ccc1Cl. The predicted octanol–water partition coefficient (Wildman–Crippen LogP) is 4.71. The standard InChI is InChI=1S/C12H12Cl2F3NO/c13-6-2-1-3-11(19)18-10-7-8(12(15,16)17)4-5-9(10)14/h4-5,7H,1-3,6H2,(H,18,19). The Labute approximate surface area is 118 Å².